The summed E-state index contributed by atoms with van der Waals surface area (Å²) in [5.41, 5.74) is 5.34. The number of rotatable bonds is 5. The molecule has 3 aromatic heterocycles. The summed E-state index contributed by atoms with van der Waals surface area (Å²) in [5.74, 6) is 1.50. The summed E-state index contributed by atoms with van der Waals surface area (Å²) in [7, 11) is 0. The molecule has 0 unspecified atom stereocenters. The predicted octanol–water partition coefficient (Wildman–Crippen LogP) is 3.97. The molecule has 25 heavy (non-hydrogen) atoms. The van der Waals surface area contributed by atoms with E-state index in [0.29, 0.717) is 12.5 Å². The van der Waals surface area contributed by atoms with Crippen molar-refractivity contribution in [2.24, 2.45) is 0 Å². The van der Waals surface area contributed by atoms with Crippen molar-refractivity contribution in [2.75, 3.05) is 5.32 Å². The lowest BCUT2D eigenvalue weighted by Gasteiger charge is -2.06. The lowest BCUT2D eigenvalue weighted by atomic mass is 10.1. The van der Waals surface area contributed by atoms with E-state index < -0.39 is 0 Å². The zero-order valence-electron chi connectivity index (χ0n) is 13.4. The van der Waals surface area contributed by atoms with Crippen LogP contribution in [0.4, 0.5) is 5.82 Å². The molecular weight excluding hydrogens is 332 g/mol. The molecular formula is C18H16N6S. The van der Waals surface area contributed by atoms with Gasteiger partial charge in [-0.25, -0.2) is 9.97 Å². The van der Waals surface area contributed by atoms with Crippen molar-refractivity contribution in [2.45, 2.75) is 25.3 Å². The number of anilines is 1. The van der Waals surface area contributed by atoms with E-state index in [4.69, 9.17) is 0 Å². The third-order valence-corrected chi connectivity index (χ3v) is 5.35. The molecule has 1 aliphatic rings. The first kappa shape index (κ1) is 14.5. The lowest BCUT2D eigenvalue weighted by molar-refractivity contribution is 0.955. The molecule has 2 N–H and O–H groups in total. The molecule has 1 saturated carbocycles. The zero-order chi connectivity index (χ0) is 16.6. The first-order chi connectivity index (χ1) is 12.4. The first-order valence-corrected chi connectivity index (χ1v) is 9.09. The molecule has 7 heteroatoms. The van der Waals surface area contributed by atoms with E-state index >= 15 is 0 Å². The number of benzene rings is 1. The number of nitrogens with zero attached hydrogens (tertiary/aromatic N) is 4. The van der Waals surface area contributed by atoms with Gasteiger partial charge in [0, 0.05) is 5.56 Å². The van der Waals surface area contributed by atoms with Crippen LogP contribution in [0.1, 0.15) is 30.0 Å². The minimum absolute atomic E-state index is 0.675. The Hall–Kier alpha value is -2.80. The fourth-order valence-corrected chi connectivity index (χ4v) is 3.88. The third-order valence-electron chi connectivity index (χ3n) is 4.50. The minimum atomic E-state index is 0.675. The average Bonchev–Trinajstić information content (AvgIpc) is 3.23. The Kier molecular flexibility index (Phi) is 3.45. The van der Waals surface area contributed by atoms with Gasteiger partial charge in [-0.2, -0.15) is 9.47 Å². The molecule has 6 nitrogen and oxygen atoms in total. The van der Waals surface area contributed by atoms with Gasteiger partial charge in [0.05, 0.1) is 18.4 Å². The van der Waals surface area contributed by atoms with Gasteiger partial charge < -0.3 is 5.32 Å². The molecule has 0 amide bonds. The summed E-state index contributed by atoms with van der Waals surface area (Å²) in [6, 6.07) is 10.1. The second kappa shape index (κ2) is 5.93. The van der Waals surface area contributed by atoms with Gasteiger partial charge in [0.2, 0.25) is 0 Å². The van der Waals surface area contributed by atoms with E-state index in [-0.39, 0.29) is 0 Å². The molecule has 5 rings (SSSR count). The normalized spacial score (nSPS) is 14.1. The van der Waals surface area contributed by atoms with Crippen molar-refractivity contribution >= 4 is 27.6 Å². The summed E-state index contributed by atoms with van der Waals surface area (Å²) in [4.78, 5) is 8.87. The highest BCUT2D eigenvalue weighted by Crippen LogP contribution is 2.41. The number of aromatic amines is 1. The van der Waals surface area contributed by atoms with Crippen molar-refractivity contribution in [1.82, 2.24) is 24.5 Å². The van der Waals surface area contributed by atoms with Crippen LogP contribution in [0.25, 0.3) is 21.5 Å². The molecule has 1 aromatic carbocycles. The Bertz CT molecular complexity index is 1020. The van der Waals surface area contributed by atoms with Crippen molar-refractivity contribution < 1.29 is 0 Å². The van der Waals surface area contributed by atoms with Gasteiger partial charge in [0.25, 0.3) is 0 Å². The van der Waals surface area contributed by atoms with Crippen molar-refractivity contribution in [1.29, 1.82) is 0 Å². The maximum absolute atomic E-state index is 4.61. The van der Waals surface area contributed by atoms with Gasteiger partial charge in [-0.15, -0.1) is 0 Å². The van der Waals surface area contributed by atoms with Gasteiger partial charge >= 0.3 is 0 Å². The maximum Gasteiger partial charge on any atom is 0.149 e. The van der Waals surface area contributed by atoms with Crippen LogP contribution in [-0.4, -0.2) is 24.5 Å². The molecule has 1 aliphatic carbocycles. The molecule has 0 atom stereocenters. The number of nitrogens with one attached hydrogen (secondary N) is 2. The van der Waals surface area contributed by atoms with E-state index in [0.717, 1.165) is 33.0 Å². The third kappa shape index (κ3) is 2.66. The zero-order valence-corrected chi connectivity index (χ0v) is 14.3. The molecule has 0 aliphatic heterocycles. The SMILES string of the molecule is c1ccc(-c2nsc3c(NCc4[nH]ncc4C4CC4)ncnc23)cc1. The number of H-pyrrole nitrogens is 1. The number of hydrogen-bond donors (Lipinski definition) is 2. The Morgan fingerprint density at radius 1 is 1.16 bits per heavy atom. The molecule has 4 aromatic rings. The first-order valence-electron chi connectivity index (χ1n) is 8.32. The fourth-order valence-electron chi connectivity index (χ4n) is 3.06. The number of aromatic nitrogens is 5. The van der Waals surface area contributed by atoms with E-state index in [9.17, 15) is 0 Å². The second-order valence-electron chi connectivity index (χ2n) is 6.23. The quantitative estimate of drug-likeness (QED) is 0.570. The Balaban J connectivity index is 1.46. The van der Waals surface area contributed by atoms with Crippen LogP contribution in [0, 0.1) is 0 Å². The molecule has 3 heterocycles. The van der Waals surface area contributed by atoms with Crippen molar-refractivity contribution in [3.05, 3.63) is 54.1 Å². The van der Waals surface area contributed by atoms with Gasteiger partial charge in [-0.1, -0.05) is 30.3 Å². The molecule has 0 bridgehead atoms. The van der Waals surface area contributed by atoms with Crippen LogP contribution in [0.3, 0.4) is 0 Å². The Morgan fingerprint density at radius 3 is 2.88 bits per heavy atom. The Morgan fingerprint density at radius 2 is 2.04 bits per heavy atom. The standard InChI is InChI=1S/C18H16N6S/c1-2-4-12(5-3-1)15-16-17(25-24-15)18(21-10-20-16)19-9-14-13(8-22-23-14)11-6-7-11/h1-5,8,10-11H,6-7,9H2,(H,22,23)(H,19,20,21). The smallest absolute Gasteiger partial charge is 0.149 e. The molecule has 1 fully saturated rings. The summed E-state index contributed by atoms with van der Waals surface area (Å²) in [6.07, 6.45) is 6.07. The predicted molar refractivity (Wildman–Crippen MR) is 98.5 cm³/mol. The van der Waals surface area contributed by atoms with Gasteiger partial charge in [0.15, 0.2) is 0 Å². The largest absolute Gasteiger partial charge is 0.363 e. The van der Waals surface area contributed by atoms with Crippen LogP contribution in [0.2, 0.25) is 0 Å². The molecule has 0 radical (unpaired) electrons. The number of hydrogen-bond acceptors (Lipinski definition) is 6. The topological polar surface area (TPSA) is 79.4 Å². The van der Waals surface area contributed by atoms with Gasteiger partial charge in [0.1, 0.15) is 28.1 Å². The van der Waals surface area contributed by atoms with Crippen LogP contribution in [0.15, 0.2) is 42.9 Å². The van der Waals surface area contributed by atoms with Crippen LogP contribution in [-0.2, 0) is 6.54 Å². The van der Waals surface area contributed by atoms with E-state index in [1.165, 1.54) is 29.9 Å². The fraction of sp³-hybridized carbons (Fsp3) is 0.222. The van der Waals surface area contributed by atoms with Crippen molar-refractivity contribution in [3.63, 3.8) is 0 Å². The summed E-state index contributed by atoms with van der Waals surface area (Å²) < 4.78 is 5.59. The van der Waals surface area contributed by atoms with E-state index in [1.807, 2.05) is 24.4 Å². The van der Waals surface area contributed by atoms with Crippen LogP contribution < -0.4 is 5.32 Å². The van der Waals surface area contributed by atoms with Crippen LogP contribution >= 0.6 is 11.5 Å². The molecule has 124 valence electrons. The summed E-state index contributed by atoms with van der Waals surface area (Å²) >= 11 is 1.43. The highest BCUT2D eigenvalue weighted by molar-refractivity contribution is 7.14. The maximum atomic E-state index is 4.61. The highest BCUT2D eigenvalue weighted by atomic mass is 32.1. The molecule has 0 spiro atoms. The Labute approximate surface area is 148 Å². The second-order valence-corrected chi connectivity index (χ2v) is 7.00. The monoisotopic (exact) mass is 348 g/mol. The van der Waals surface area contributed by atoms with Crippen molar-refractivity contribution in [3.8, 4) is 11.3 Å². The highest BCUT2D eigenvalue weighted by Gasteiger charge is 2.27. The average molecular weight is 348 g/mol. The molecule has 0 saturated heterocycles. The van der Waals surface area contributed by atoms with Gasteiger partial charge in [-0.05, 0) is 35.9 Å². The van der Waals surface area contributed by atoms with E-state index in [1.54, 1.807) is 6.33 Å². The number of fused-ring (bicyclic) bond motifs is 1. The minimum Gasteiger partial charge on any atom is -0.363 e. The van der Waals surface area contributed by atoms with Crippen LogP contribution in [0.5, 0.6) is 0 Å². The summed E-state index contributed by atoms with van der Waals surface area (Å²) in [6.45, 7) is 0.677. The van der Waals surface area contributed by atoms with Gasteiger partial charge in [-0.3, -0.25) is 5.10 Å². The summed E-state index contributed by atoms with van der Waals surface area (Å²) in [5, 5.41) is 10.7. The lowest BCUT2D eigenvalue weighted by Crippen LogP contribution is -2.04. The van der Waals surface area contributed by atoms with E-state index in [2.05, 4.69) is 42.0 Å².